The standard InChI is InChI=1S/C23H29ClFN3O2.C14H21FN2O.C10H11ClO2/c1-5-22(29)19-8-6-16(12-20(19)25)11-18(28(3)4)14-27-23(30)10-15(2)21-9-7-17(24)13-26-21;1-4-14(18)12-6-5-10(8-13(12)15)7-11(9-16)17(2)3;1-7(6-10(12)13)8-2-4-9(11)5-3-8/h6-9,12-13,15,18H,5,10-11,14H2,1-4H3,(H,27,30);5-6,8,11H,4,7,9,16H2,1-3H3;2-5,7H,6H2,1H3,(H,12,13)/t15-,18-;11-;7-/m000/s1. The maximum atomic E-state index is 14.3. The van der Waals surface area contributed by atoms with E-state index in [1.54, 1.807) is 62.5 Å². The quantitative estimate of drug-likeness (QED) is 0.0786. The monoisotopic (exact) mass is 883 g/mol. The molecule has 0 aliphatic rings. The zero-order valence-electron chi connectivity index (χ0n) is 36.5. The number of hydrogen-bond acceptors (Lipinski definition) is 8. The Bertz CT molecular complexity index is 2020. The Balaban J connectivity index is 0.000000349. The molecule has 0 aliphatic heterocycles. The van der Waals surface area contributed by atoms with Crippen LogP contribution in [0, 0.1) is 11.6 Å². The Morgan fingerprint density at radius 3 is 1.62 bits per heavy atom. The molecule has 0 unspecified atom stereocenters. The Hall–Kier alpha value is -4.59. The number of halogens is 4. The van der Waals surface area contributed by atoms with Crippen molar-refractivity contribution in [3.8, 4) is 0 Å². The Morgan fingerprint density at radius 2 is 1.21 bits per heavy atom. The number of nitrogens with zero attached hydrogens (tertiary/aromatic N) is 3. The first-order valence-electron chi connectivity index (χ1n) is 20.3. The normalized spacial score (nSPS) is 12.9. The molecule has 0 radical (unpaired) electrons. The maximum Gasteiger partial charge on any atom is 0.303 e. The van der Waals surface area contributed by atoms with E-state index in [4.69, 9.17) is 34.0 Å². The second kappa shape index (κ2) is 26.7. The second-order valence-electron chi connectivity index (χ2n) is 15.4. The van der Waals surface area contributed by atoms with Gasteiger partial charge in [-0.25, -0.2) is 8.78 Å². The number of carbonyl (C=O) groups excluding carboxylic acids is 3. The van der Waals surface area contributed by atoms with E-state index < -0.39 is 17.6 Å². The van der Waals surface area contributed by atoms with Crippen molar-refractivity contribution in [3.05, 3.63) is 134 Å². The number of Topliss-reactive ketones (excluding diaryl/α,β-unsaturated/α-hetero) is 2. The van der Waals surface area contributed by atoms with Gasteiger partial charge in [-0.2, -0.15) is 0 Å². The van der Waals surface area contributed by atoms with E-state index in [-0.39, 0.29) is 65.4 Å². The second-order valence-corrected chi connectivity index (χ2v) is 16.3. The van der Waals surface area contributed by atoms with E-state index in [1.807, 2.05) is 70.0 Å². The first-order chi connectivity index (χ1) is 28.8. The lowest BCUT2D eigenvalue weighted by atomic mass is 9.98. The minimum Gasteiger partial charge on any atom is -0.481 e. The number of ketones is 2. The zero-order chi connectivity index (χ0) is 45.8. The van der Waals surface area contributed by atoms with Gasteiger partial charge in [-0.05, 0) is 112 Å². The third-order valence-corrected chi connectivity index (χ3v) is 10.7. The van der Waals surface area contributed by atoms with E-state index in [2.05, 4.69) is 10.3 Å². The minimum atomic E-state index is -0.776. The van der Waals surface area contributed by atoms with Gasteiger partial charge in [0.15, 0.2) is 11.6 Å². The molecule has 4 rings (SSSR count). The summed E-state index contributed by atoms with van der Waals surface area (Å²) in [6.07, 6.45) is 3.87. The fourth-order valence-electron chi connectivity index (χ4n) is 6.20. The van der Waals surface area contributed by atoms with Gasteiger partial charge in [0.1, 0.15) is 11.6 Å². The van der Waals surface area contributed by atoms with Crippen LogP contribution in [0.2, 0.25) is 10.0 Å². The lowest BCUT2D eigenvalue weighted by Crippen LogP contribution is -2.41. The number of amides is 1. The van der Waals surface area contributed by atoms with Crippen molar-refractivity contribution in [2.24, 2.45) is 5.73 Å². The van der Waals surface area contributed by atoms with Crippen molar-refractivity contribution in [1.29, 1.82) is 0 Å². The van der Waals surface area contributed by atoms with Gasteiger partial charge in [0.2, 0.25) is 5.91 Å². The van der Waals surface area contributed by atoms with Gasteiger partial charge in [-0.3, -0.25) is 24.2 Å². The fourth-order valence-corrected chi connectivity index (χ4v) is 6.44. The predicted molar refractivity (Wildman–Crippen MR) is 241 cm³/mol. The molecule has 4 atom stereocenters. The van der Waals surface area contributed by atoms with Crippen molar-refractivity contribution < 1.29 is 33.1 Å². The van der Waals surface area contributed by atoms with Gasteiger partial charge in [-0.15, -0.1) is 0 Å². The highest BCUT2D eigenvalue weighted by atomic mass is 35.5. The maximum absolute atomic E-state index is 14.3. The first kappa shape index (κ1) is 52.5. The summed E-state index contributed by atoms with van der Waals surface area (Å²) in [6, 6.07) is 20.6. The third kappa shape index (κ3) is 18.5. The van der Waals surface area contributed by atoms with Crippen LogP contribution in [0.5, 0.6) is 0 Å². The number of nitrogens with one attached hydrogen (secondary N) is 1. The van der Waals surface area contributed by atoms with Crippen molar-refractivity contribution >= 4 is 46.6 Å². The lowest BCUT2D eigenvalue weighted by Gasteiger charge is -2.25. The topological polar surface area (TPSA) is 146 Å². The van der Waals surface area contributed by atoms with Crippen LogP contribution >= 0.6 is 23.2 Å². The molecule has 3 aromatic carbocycles. The Morgan fingerprint density at radius 1 is 0.721 bits per heavy atom. The predicted octanol–water partition coefficient (Wildman–Crippen LogP) is 9.02. The number of rotatable bonds is 19. The average Bonchev–Trinajstić information content (AvgIpc) is 3.21. The number of likely N-dealkylation sites (N-methyl/N-ethyl adjacent to an activating group) is 2. The molecule has 0 saturated heterocycles. The molecule has 332 valence electrons. The highest BCUT2D eigenvalue weighted by Crippen LogP contribution is 2.22. The molecule has 1 aromatic heterocycles. The molecule has 4 N–H and O–H groups in total. The average molecular weight is 885 g/mol. The van der Waals surface area contributed by atoms with Crippen LogP contribution in [-0.4, -0.2) is 96.7 Å². The number of benzene rings is 3. The van der Waals surface area contributed by atoms with Crippen molar-refractivity contribution in [2.45, 2.75) is 90.1 Å². The highest BCUT2D eigenvalue weighted by molar-refractivity contribution is 6.30. The first-order valence-corrected chi connectivity index (χ1v) is 21.1. The van der Waals surface area contributed by atoms with Gasteiger partial charge in [0.25, 0.3) is 0 Å². The van der Waals surface area contributed by atoms with Gasteiger partial charge >= 0.3 is 5.97 Å². The van der Waals surface area contributed by atoms with Crippen LogP contribution in [0.25, 0.3) is 0 Å². The number of aromatic nitrogens is 1. The molecule has 0 spiro atoms. The van der Waals surface area contributed by atoms with Crippen molar-refractivity contribution in [1.82, 2.24) is 20.1 Å². The summed E-state index contributed by atoms with van der Waals surface area (Å²) in [6.45, 7) is 8.23. The summed E-state index contributed by atoms with van der Waals surface area (Å²) in [5, 5.41) is 12.8. The largest absolute Gasteiger partial charge is 0.481 e. The number of carboxylic acids is 1. The molecule has 1 amide bonds. The number of hydrogen-bond donors (Lipinski definition) is 3. The Labute approximate surface area is 369 Å². The molecule has 0 bridgehead atoms. The van der Waals surface area contributed by atoms with E-state index in [0.29, 0.717) is 48.8 Å². The molecular weight excluding hydrogens is 823 g/mol. The molecule has 0 aliphatic carbocycles. The van der Waals surface area contributed by atoms with Crippen LogP contribution in [-0.2, 0) is 22.4 Å². The summed E-state index contributed by atoms with van der Waals surface area (Å²) in [5.74, 6) is -2.14. The number of carbonyl (C=O) groups is 4. The van der Waals surface area contributed by atoms with E-state index in [0.717, 1.165) is 22.4 Å². The van der Waals surface area contributed by atoms with Crippen molar-refractivity contribution in [3.63, 3.8) is 0 Å². The van der Waals surface area contributed by atoms with Gasteiger partial charge in [0, 0.05) is 67.3 Å². The lowest BCUT2D eigenvalue weighted by molar-refractivity contribution is -0.137. The van der Waals surface area contributed by atoms with Crippen molar-refractivity contribution in [2.75, 3.05) is 41.3 Å². The van der Waals surface area contributed by atoms with E-state index >= 15 is 0 Å². The molecule has 1 heterocycles. The minimum absolute atomic E-state index is 0.00922. The molecule has 61 heavy (non-hydrogen) atoms. The smallest absolute Gasteiger partial charge is 0.303 e. The number of aliphatic carboxylic acids is 1. The van der Waals surface area contributed by atoms with Crippen LogP contribution < -0.4 is 11.1 Å². The summed E-state index contributed by atoms with van der Waals surface area (Å²) >= 11 is 11.6. The summed E-state index contributed by atoms with van der Waals surface area (Å²) in [5.41, 5.74) is 9.44. The number of carboxylic acid groups (broad SMARTS) is 1. The molecule has 10 nitrogen and oxygen atoms in total. The zero-order valence-corrected chi connectivity index (χ0v) is 38.0. The van der Waals surface area contributed by atoms with Crippen LogP contribution in [0.3, 0.4) is 0 Å². The Kier molecular flexibility index (Phi) is 23.0. The van der Waals surface area contributed by atoms with Gasteiger partial charge in [-0.1, -0.05) is 75.2 Å². The SMILES string of the molecule is CCC(=O)c1ccc(C[C@@H](CN)N(C)C)cc1F.CCC(=O)c1ccc(C[C@@H](CNC(=O)C[C@H](C)c2ccc(Cl)cn2)N(C)C)cc1F.C[C@@H](CC(=O)O)c1ccc(Cl)cc1. The van der Waals surface area contributed by atoms with Crippen LogP contribution in [0.4, 0.5) is 8.78 Å². The van der Waals surface area contributed by atoms with Crippen LogP contribution in [0.15, 0.2) is 79.0 Å². The molecular formula is C47H61Cl2F2N5O5. The molecule has 4 aromatic rings. The number of pyridine rings is 1. The van der Waals surface area contributed by atoms with Crippen LogP contribution in [0.1, 0.15) is 108 Å². The van der Waals surface area contributed by atoms with E-state index in [1.165, 1.54) is 12.1 Å². The third-order valence-electron chi connectivity index (χ3n) is 10.2. The summed E-state index contributed by atoms with van der Waals surface area (Å²) < 4.78 is 28.0. The number of nitrogens with two attached hydrogens (primary N) is 1. The molecule has 0 saturated carbocycles. The summed E-state index contributed by atoms with van der Waals surface area (Å²) in [7, 11) is 7.73. The van der Waals surface area contributed by atoms with E-state index in [9.17, 15) is 28.0 Å². The summed E-state index contributed by atoms with van der Waals surface area (Å²) in [4.78, 5) is 54.3. The fraction of sp³-hybridized carbons (Fsp3) is 0.426. The highest BCUT2D eigenvalue weighted by Gasteiger charge is 2.19. The molecule has 0 fully saturated rings. The molecule has 14 heteroatoms. The van der Waals surface area contributed by atoms with Gasteiger partial charge in [0.05, 0.1) is 22.6 Å². The van der Waals surface area contributed by atoms with Gasteiger partial charge < -0.3 is 26.0 Å².